The molecule has 0 unspecified atom stereocenters. The second kappa shape index (κ2) is 9.59. The minimum absolute atomic E-state index is 0.0260. The number of carbonyl (C=O) groups is 2. The smallest absolute Gasteiger partial charge is 0.306 e. The van der Waals surface area contributed by atoms with Crippen LogP contribution in [0.3, 0.4) is 0 Å². The molecule has 2 aromatic rings. The highest BCUT2D eigenvalue weighted by Crippen LogP contribution is 2.21. The first-order valence-corrected chi connectivity index (χ1v) is 10.1. The first kappa shape index (κ1) is 20.2. The van der Waals surface area contributed by atoms with E-state index >= 15 is 0 Å². The zero-order valence-corrected chi connectivity index (χ0v) is 16.6. The summed E-state index contributed by atoms with van der Waals surface area (Å²) in [7, 11) is 0. The third-order valence-electron chi connectivity index (χ3n) is 4.48. The SMILES string of the molecule is CCOC(=O)CCC(=O)N1CCN(c2nc(Cc3ccc(F)cc3)ns2)CC1. The third-order valence-corrected chi connectivity index (χ3v) is 5.30. The Hall–Kier alpha value is -2.55. The molecule has 0 N–H and O–H groups in total. The largest absolute Gasteiger partial charge is 0.466 e. The first-order valence-electron chi connectivity index (χ1n) is 9.30. The molecular weight excluding hydrogens is 383 g/mol. The van der Waals surface area contributed by atoms with Crippen LogP contribution in [-0.2, 0) is 20.7 Å². The summed E-state index contributed by atoms with van der Waals surface area (Å²) in [5.41, 5.74) is 0.961. The van der Waals surface area contributed by atoms with Gasteiger partial charge in [0.15, 0.2) is 0 Å². The van der Waals surface area contributed by atoms with E-state index in [4.69, 9.17) is 4.74 Å². The normalized spacial score (nSPS) is 14.2. The van der Waals surface area contributed by atoms with Crippen molar-refractivity contribution in [1.29, 1.82) is 0 Å². The predicted molar refractivity (Wildman–Crippen MR) is 104 cm³/mol. The summed E-state index contributed by atoms with van der Waals surface area (Å²) in [6.45, 7) is 4.61. The number of hydrogen-bond acceptors (Lipinski definition) is 7. The van der Waals surface area contributed by atoms with Crippen LogP contribution in [0.4, 0.5) is 9.52 Å². The molecule has 1 aromatic carbocycles. The quantitative estimate of drug-likeness (QED) is 0.657. The van der Waals surface area contributed by atoms with Crippen molar-refractivity contribution in [2.24, 2.45) is 0 Å². The zero-order chi connectivity index (χ0) is 19.9. The molecule has 1 fully saturated rings. The minimum atomic E-state index is -0.336. The number of amides is 1. The van der Waals surface area contributed by atoms with Crippen molar-refractivity contribution in [1.82, 2.24) is 14.3 Å². The summed E-state index contributed by atoms with van der Waals surface area (Å²) >= 11 is 1.33. The van der Waals surface area contributed by atoms with E-state index in [1.54, 1.807) is 24.0 Å². The molecule has 0 atom stereocenters. The summed E-state index contributed by atoms with van der Waals surface area (Å²) in [5.74, 6) is 0.0869. The lowest BCUT2D eigenvalue weighted by Gasteiger charge is -2.34. The average molecular weight is 406 g/mol. The van der Waals surface area contributed by atoms with Crippen molar-refractivity contribution in [2.75, 3.05) is 37.7 Å². The van der Waals surface area contributed by atoms with Crippen LogP contribution >= 0.6 is 11.5 Å². The van der Waals surface area contributed by atoms with Gasteiger partial charge < -0.3 is 14.5 Å². The summed E-state index contributed by atoms with van der Waals surface area (Å²) in [5, 5.41) is 0.829. The number of anilines is 1. The number of rotatable bonds is 7. The summed E-state index contributed by atoms with van der Waals surface area (Å²) < 4.78 is 22.2. The number of aromatic nitrogens is 2. The molecule has 2 heterocycles. The van der Waals surface area contributed by atoms with E-state index in [2.05, 4.69) is 14.3 Å². The van der Waals surface area contributed by atoms with Gasteiger partial charge in [-0.05, 0) is 24.6 Å². The van der Waals surface area contributed by atoms with Crippen LogP contribution in [0, 0.1) is 5.82 Å². The average Bonchev–Trinajstić information content (AvgIpc) is 3.17. The van der Waals surface area contributed by atoms with Crippen molar-refractivity contribution >= 4 is 28.5 Å². The monoisotopic (exact) mass is 406 g/mol. The molecule has 1 aliphatic rings. The van der Waals surface area contributed by atoms with Crippen LogP contribution in [0.2, 0.25) is 0 Å². The fraction of sp³-hybridized carbons (Fsp3) is 0.474. The third kappa shape index (κ3) is 5.48. The van der Waals surface area contributed by atoms with Crippen LogP contribution < -0.4 is 4.90 Å². The molecule has 0 saturated carbocycles. The van der Waals surface area contributed by atoms with Gasteiger partial charge in [0.25, 0.3) is 0 Å². The van der Waals surface area contributed by atoms with Gasteiger partial charge in [0.2, 0.25) is 11.0 Å². The lowest BCUT2D eigenvalue weighted by molar-refractivity contribution is -0.145. The van der Waals surface area contributed by atoms with E-state index in [-0.39, 0.29) is 30.5 Å². The Morgan fingerprint density at radius 3 is 2.54 bits per heavy atom. The molecule has 1 amide bonds. The Labute approximate surface area is 167 Å². The van der Waals surface area contributed by atoms with E-state index < -0.39 is 0 Å². The fourth-order valence-electron chi connectivity index (χ4n) is 2.98. The van der Waals surface area contributed by atoms with Gasteiger partial charge in [-0.2, -0.15) is 4.37 Å². The number of benzene rings is 1. The summed E-state index contributed by atoms with van der Waals surface area (Å²) in [6.07, 6.45) is 0.860. The molecule has 9 heteroatoms. The summed E-state index contributed by atoms with van der Waals surface area (Å²) in [6, 6.07) is 6.33. The van der Waals surface area contributed by atoms with E-state index in [0.717, 1.165) is 10.7 Å². The molecule has 1 aliphatic heterocycles. The highest BCUT2D eigenvalue weighted by molar-refractivity contribution is 7.09. The van der Waals surface area contributed by atoms with Gasteiger partial charge >= 0.3 is 5.97 Å². The van der Waals surface area contributed by atoms with Gasteiger partial charge in [-0.15, -0.1) is 0 Å². The number of halogens is 1. The number of hydrogen-bond donors (Lipinski definition) is 0. The number of ether oxygens (including phenoxy) is 1. The highest BCUT2D eigenvalue weighted by atomic mass is 32.1. The van der Waals surface area contributed by atoms with E-state index in [1.165, 1.54) is 23.7 Å². The number of nitrogens with zero attached hydrogens (tertiary/aromatic N) is 4. The van der Waals surface area contributed by atoms with Crippen LogP contribution in [0.1, 0.15) is 31.2 Å². The van der Waals surface area contributed by atoms with Crippen molar-refractivity contribution < 1.29 is 18.7 Å². The lowest BCUT2D eigenvalue weighted by atomic mass is 10.1. The lowest BCUT2D eigenvalue weighted by Crippen LogP contribution is -2.48. The minimum Gasteiger partial charge on any atom is -0.466 e. The number of carbonyl (C=O) groups excluding carboxylic acids is 2. The highest BCUT2D eigenvalue weighted by Gasteiger charge is 2.23. The molecular formula is C19H23FN4O3S. The van der Waals surface area contributed by atoms with E-state index in [0.29, 0.717) is 45.0 Å². The second-order valence-electron chi connectivity index (χ2n) is 6.47. The van der Waals surface area contributed by atoms with Gasteiger partial charge in [0.1, 0.15) is 11.6 Å². The molecule has 0 spiro atoms. The first-order chi connectivity index (χ1) is 13.5. The van der Waals surface area contributed by atoms with Gasteiger partial charge in [-0.25, -0.2) is 9.37 Å². The number of piperazine rings is 1. The Morgan fingerprint density at radius 2 is 1.86 bits per heavy atom. The molecule has 150 valence electrons. The fourth-order valence-corrected chi connectivity index (χ4v) is 3.71. The van der Waals surface area contributed by atoms with Crippen LogP contribution in [-0.4, -0.2) is 58.9 Å². The van der Waals surface area contributed by atoms with E-state index in [1.807, 2.05) is 0 Å². The maximum Gasteiger partial charge on any atom is 0.306 e. The van der Waals surface area contributed by atoms with Crippen molar-refractivity contribution in [2.45, 2.75) is 26.2 Å². The van der Waals surface area contributed by atoms with E-state index in [9.17, 15) is 14.0 Å². The molecule has 7 nitrogen and oxygen atoms in total. The molecule has 1 aromatic heterocycles. The molecule has 0 aliphatic carbocycles. The predicted octanol–water partition coefficient (Wildman–Crippen LogP) is 2.26. The Morgan fingerprint density at radius 1 is 1.14 bits per heavy atom. The maximum atomic E-state index is 13.0. The summed E-state index contributed by atoms with van der Waals surface area (Å²) in [4.78, 5) is 32.1. The zero-order valence-electron chi connectivity index (χ0n) is 15.8. The maximum absolute atomic E-state index is 13.0. The molecule has 3 rings (SSSR count). The second-order valence-corrected chi connectivity index (χ2v) is 7.20. The molecule has 0 bridgehead atoms. The molecule has 0 radical (unpaired) electrons. The van der Waals surface area contributed by atoms with Gasteiger partial charge in [0.05, 0.1) is 13.0 Å². The van der Waals surface area contributed by atoms with Gasteiger partial charge in [-0.3, -0.25) is 9.59 Å². The Bertz CT molecular complexity index is 804. The molecule has 28 heavy (non-hydrogen) atoms. The van der Waals surface area contributed by atoms with Gasteiger partial charge in [0, 0.05) is 50.6 Å². The topological polar surface area (TPSA) is 75.6 Å². The van der Waals surface area contributed by atoms with Crippen molar-refractivity contribution in [3.63, 3.8) is 0 Å². The Kier molecular flexibility index (Phi) is 6.91. The number of esters is 1. The van der Waals surface area contributed by atoms with Crippen LogP contribution in [0.5, 0.6) is 0 Å². The Balaban J connectivity index is 1.47. The van der Waals surface area contributed by atoms with Crippen LogP contribution in [0.15, 0.2) is 24.3 Å². The molecule has 1 saturated heterocycles. The van der Waals surface area contributed by atoms with Crippen molar-refractivity contribution in [3.05, 3.63) is 41.5 Å². The van der Waals surface area contributed by atoms with Crippen LogP contribution in [0.25, 0.3) is 0 Å². The van der Waals surface area contributed by atoms with Crippen molar-refractivity contribution in [3.8, 4) is 0 Å². The standard InChI is InChI=1S/C19H23FN4O3S/c1-2-27-18(26)8-7-17(25)23-9-11-24(12-10-23)19-21-16(22-28-19)13-14-3-5-15(20)6-4-14/h3-6H,2,7-13H2,1H3. The van der Waals surface area contributed by atoms with Gasteiger partial charge in [-0.1, -0.05) is 12.1 Å².